The Balaban J connectivity index is 1.33. The summed E-state index contributed by atoms with van der Waals surface area (Å²) in [6.07, 6.45) is 5.82. The Morgan fingerprint density at radius 1 is 1.16 bits per heavy atom. The van der Waals surface area contributed by atoms with Crippen LogP contribution in [0.5, 0.6) is 0 Å². The Bertz CT molecular complexity index is 650. The lowest BCUT2D eigenvalue weighted by atomic mass is 10.1. The van der Waals surface area contributed by atoms with Crippen LogP contribution >= 0.6 is 0 Å². The number of nitrogens with zero attached hydrogens (tertiary/aromatic N) is 3. The highest BCUT2D eigenvalue weighted by atomic mass is 16.5. The maximum Gasteiger partial charge on any atom is 0.227 e. The van der Waals surface area contributed by atoms with Gasteiger partial charge in [-0.15, -0.1) is 0 Å². The summed E-state index contributed by atoms with van der Waals surface area (Å²) < 4.78 is 5.23. The van der Waals surface area contributed by atoms with Gasteiger partial charge in [0, 0.05) is 24.9 Å². The molecule has 6 nitrogen and oxygen atoms in total. The Kier molecular flexibility index (Phi) is 6.56. The van der Waals surface area contributed by atoms with Crippen LogP contribution in [0.15, 0.2) is 34.9 Å². The molecule has 1 aliphatic heterocycles. The minimum atomic E-state index is 0.0399. The fourth-order valence-electron chi connectivity index (χ4n) is 3.08. The number of aromatic nitrogens is 2. The number of carbonyl (C=O) groups is 1. The lowest BCUT2D eigenvalue weighted by Gasteiger charge is -2.26. The van der Waals surface area contributed by atoms with Gasteiger partial charge in [0.2, 0.25) is 17.6 Å². The predicted molar refractivity (Wildman–Crippen MR) is 96.0 cm³/mol. The minimum Gasteiger partial charge on any atom is -0.356 e. The molecule has 0 saturated carbocycles. The van der Waals surface area contributed by atoms with Crippen LogP contribution in [0.3, 0.4) is 0 Å². The van der Waals surface area contributed by atoms with Crippen LogP contribution in [0, 0.1) is 0 Å². The number of carbonyl (C=O) groups excluding carboxylic acids is 1. The summed E-state index contributed by atoms with van der Waals surface area (Å²) in [6.45, 7) is 4.21. The molecule has 6 heteroatoms. The van der Waals surface area contributed by atoms with Gasteiger partial charge >= 0.3 is 0 Å². The summed E-state index contributed by atoms with van der Waals surface area (Å²) in [4.78, 5) is 18.8. The second kappa shape index (κ2) is 9.32. The summed E-state index contributed by atoms with van der Waals surface area (Å²) in [7, 11) is 0. The van der Waals surface area contributed by atoms with Gasteiger partial charge in [0.15, 0.2) is 0 Å². The predicted octanol–water partition coefficient (Wildman–Crippen LogP) is 2.66. The van der Waals surface area contributed by atoms with E-state index >= 15 is 0 Å². The van der Waals surface area contributed by atoms with E-state index in [0.717, 1.165) is 25.1 Å². The van der Waals surface area contributed by atoms with E-state index in [-0.39, 0.29) is 5.91 Å². The van der Waals surface area contributed by atoms with Crippen LogP contribution in [0.2, 0.25) is 0 Å². The van der Waals surface area contributed by atoms with Gasteiger partial charge in [-0.1, -0.05) is 41.9 Å². The van der Waals surface area contributed by atoms with Crippen LogP contribution in [0.1, 0.15) is 38.0 Å². The number of hydrogen-bond donors (Lipinski definition) is 1. The highest BCUT2D eigenvalue weighted by molar-refractivity contribution is 5.75. The van der Waals surface area contributed by atoms with Gasteiger partial charge in [0.25, 0.3) is 0 Å². The van der Waals surface area contributed by atoms with Crippen LogP contribution in [-0.4, -0.2) is 47.1 Å². The number of nitrogens with one attached hydrogen (secondary N) is 1. The van der Waals surface area contributed by atoms with Crippen molar-refractivity contribution in [2.75, 3.05) is 26.2 Å². The van der Waals surface area contributed by atoms with Crippen molar-refractivity contribution in [1.29, 1.82) is 0 Å². The van der Waals surface area contributed by atoms with Crippen LogP contribution in [0.4, 0.5) is 0 Å². The molecule has 0 radical (unpaired) electrons. The molecule has 1 aromatic heterocycles. The SMILES string of the molecule is O=C(CCc1nc(-c2ccccc2)no1)NCCCN1CCCCC1. The molecule has 25 heavy (non-hydrogen) atoms. The molecule has 0 spiro atoms. The standard InChI is InChI=1S/C19H26N4O2/c24-17(20-12-7-15-23-13-5-2-6-14-23)10-11-18-21-19(22-25-18)16-8-3-1-4-9-16/h1,3-4,8-9H,2,5-7,10-15H2,(H,20,24). The molecule has 0 atom stereocenters. The topological polar surface area (TPSA) is 71.3 Å². The Morgan fingerprint density at radius 3 is 2.76 bits per heavy atom. The normalized spacial score (nSPS) is 15.2. The zero-order valence-electron chi connectivity index (χ0n) is 14.6. The molecule has 0 bridgehead atoms. The first-order valence-electron chi connectivity index (χ1n) is 9.18. The molecule has 1 amide bonds. The number of benzene rings is 1. The van der Waals surface area contributed by atoms with Gasteiger partial charge in [0.1, 0.15) is 0 Å². The number of likely N-dealkylation sites (tertiary alicyclic amines) is 1. The third-order valence-electron chi connectivity index (χ3n) is 4.49. The molecule has 134 valence electrons. The molecule has 3 rings (SSSR count). The van der Waals surface area contributed by atoms with E-state index in [1.807, 2.05) is 30.3 Å². The Morgan fingerprint density at radius 2 is 1.96 bits per heavy atom. The quantitative estimate of drug-likeness (QED) is 0.747. The van der Waals surface area contributed by atoms with Crippen molar-refractivity contribution in [3.05, 3.63) is 36.2 Å². The Labute approximate surface area is 148 Å². The van der Waals surface area contributed by atoms with Gasteiger partial charge < -0.3 is 14.7 Å². The first-order valence-corrected chi connectivity index (χ1v) is 9.18. The number of hydrogen-bond acceptors (Lipinski definition) is 5. The third kappa shape index (κ3) is 5.67. The molecule has 1 saturated heterocycles. The van der Waals surface area contributed by atoms with Gasteiger partial charge in [0.05, 0.1) is 0 Å². The molecule has 1 aromatic carbocycles. The molecule has 2 heterocycles. The van der Waals surface area contributed by atoms with Gasteiger partial charge in [-0.3, -0.25) is 4.79 Å². The summed E-state index contributed by atoms with van der Waals surface area (Å²) in [5, 5.41) is 6.94. The van der Waals surface area contributed by atoms with Crippen molar-refractivity contribution in [2.45, 2.75) is 38.5 Å². The average molecular weight is 342 g/mol. The number of amides is 1. The van der Waals surface area contributed by atoms with Crippen molar-refractivity contribution in [1.82, 2.24) is 20.4 Å². The molecule has 2 aromatic rings. The average Bonchev–Trinajstić information content (AvgIpc) is 3.14. The van der Waals surface area contributed by atoms with Crippen molar-refractivity contribution in [3.63, 3.8) is 0 Å². The molecular weight excluding hydrogens is 316 g/mol. The maximum atomic E-state index is 11.9. The lowest BCUT2D eigenvalue weighted by Crippen LogP contribution is -2.33. The van der Waals surface area contributed by atoms with E-state index in [9.17, 15) is 4.79 Å². The summed E-state index contributed by atoms with van der Waals surface area (Å²) in [6, 6.07) is 9.68. The molecule has 0 aliphatic carbocycles. The summed E-state index contributed by atoms with van der Waals surface area (Å²) >= 11 is 0. The maximum absolute atomic E-state index is 11.9. The molecule has 1 fully saturated rings. The highest BCUT2D eigenvalue weighted by Crippen LogP contribution is 2.15. The monoisotopic (exact) mass is 342 g/mol. The van der Waals surface area contributed by atoms with Crippen molar-refractivity contribution in [3.8, 4) is 11.4 Å². The van der Waals surface area contributed by atoms with Gasteiger partial charge in [-0.2, -0.15) is 4.98 Å². The highest BCUT2D eigenvalue weighted by Gasteiger charge is 2.11. The fraction of sp³-hybridized carbons (Fsp3) is 0.526. The second-order valence-corrected chi connectivity index (χ2v) is 6.48. The van der Waals surface area contributed by atoms with E-state index in [1.54, 1.807) is 0 Å². The van der Waals surface area contributed by atoms with Gasteiger partial charge in [-0.05, 0) is 38.9 Å². The summed E-state index contributed by atoms with van der Waals surface area (Å²) in [5.74, 6) is 1.11. The number of rotatable bonds is 8. The molecule has 1 aliphatic rings. The van der Waals surface area contributed by atoms with Crippen LogP contribution in [-0.2, 0) is 11.2 Å². The van der Waals surface area contributed by atoms with Gasteiger partial charge in [-0.25, -0.2) is 0 Å². The first kappa shape index (κ1) is 17.6. The van der Waals surface area contributed by atoms with E-state index in [0.29, 0.717) is 24.6 Å². The zero-order valence-corrected chi connectivity index (χ0v) is 14.6. The van der Waals surface area contributed by atoms with Crippen LogP contribution < -0.4 is 5.32 Å². The molecular formula is C19H26N4O2. The lowest BCUT2D eigenvalue weighted by molar-refractivity contribution is -0.121. The second-order valence-electron chi connectivity index (χ2n) is 6.48. The van der Waals surface area contributed by atoms with Crippen LogP contribution in [0.25, 0.3) is 11.4 Å². The van der Waals surface area contributed by atoms with Crippen molar-refractivity contribution in [2.24, 2.45) is 0 Å². The first-order chi connectivity index (χ1) is 12.3. The Hall–Kier alpha value is -2.21. The molecule has 0 unspecified atom stereocenters. The van der Waals surface area contributed by atoms with E-state index in [4.69, 9.17) is 4.52 Å². The zero-order chi connectivity index (χ0) is 17.3. The number of piperidine rings is 1. The van der Waals surface area contributed by atoms with Crippen molar-refractivity contribution < 1.29 is 9.32 Å². The smallest absolute Gasteiger partial charge is 0.227 e. The minimum absolute atomic E-state index is 0.0399. The van der Waals surface area contributed by atoms with Crippen molar-refractivity contribution >= 4 is 5.91 Å². The van der Waals surface area contributed by atoms with E-state index in [1.165, 1.54) is 32.4 Å². The van der Waals surface area contributed by atoms with E-state index < -0.39 is 0 Å². The fourth-order valence-corrected chi connectivity index (χ4v) is 3.08. The van der Waals surface area contributed by atoms with E-state index in [2.05, 4.69) is 20.4 Å². The third-order valence-corrected chi connectivity index (χ3v) is 4.49. The molecule has 1 N–H and O–H groups in total. The number of aryl methyl sites for hydroxylation is 1. The largest absolute Gasteiger partial charge is 0.356 e. The summed E-state index contributed by atoms with van der Waals surface area (Å²) in [5.41, 5.74) is 0.916.